The molecule has 1 amide bonds. The Morgan fingerprint density at radius 3 is 2.52 bits per heavy atom. The zero-order valence-corrected chi connectivity index (χ0v) is 12.5. The number of β-amino-alcohol motifs (C(OH)–C–C–N with tert-alkyl or cyclic N) is 1. The van der Waals surface area contributed by atoms with Gasteiger partial charge in [-0.2, -0.15) is 0 Å². The summed E-state index contributed by atoms with van der Waals surface area (Å²) in [6, 6.07) is 1.71. The van der Waals surface area contributed by atoms with Crippen LogP contribution in [0, 0.1) is 0 Å². The number of aliphatic hydroxyl groups is 1. The lowest BCUT2D eigenvalue weighted by Gasteiger charge is -2.41. The Bertz CT molecular complexity index is 458. The molecule has 0 unspecified atom stereocenters. The lowest BCUT2D eigenvalue weighted by atomic mass is 9.84. The molecule has 5 nitrogen and oxygen atoms in total. The number of carbonyl (C=O) groups is 1. The summed E-state index contributed by atoms with van der Waals surface area (Å²) in [5.41, 5.74) is 0.115. The molecular formula is C16H24N2O3. The summed E-state index contributed by atoms with van der Waals surface area (Å²) >= 11 is 0. The summed E-state index contributed by atoms with van der Waals surface area (Å²) in [5.74, 6) is 0.0415. The van der Waals surface area contributed by atoms with E-state index in [4.69, 9.17) is 4.42 Å². The first kappa shape index (κ1) is 14.6. The molecule has 21 heavy (non-hydrogen) atoms. The fourth-order valence-corrected chi connectivity index (χ4v) is 3.46. The highest BCUT2D eigenvalue weighted by atomic mass is 16.3. The fraction of sp³-hybridized carbons (Fsp3) is 0.688. The molecule has 1 saturated heterocycles. The van der Waals surface area contributed by atoms with Crippen LogP contribution in [0.15, 0.2) is 23.0 Å². The number of hydrogen-bond donors (Lipinski definition) is 1. The standard InChI is InChI=1S/C16H24N2O3/c19-15(14-4-11-21-12-14)18-9-7-17(8-10-18)13-16(20)5-2-1-3-6-16/h4,11-12,20H,1-3,5-10,13H2. The van der Waals surface area contributed by atoms with Gasteiger partial charge in [0.2, 0.25) is 0 Å². The predicted octanol–water partition coefficient (Wildman–Crippen LogP) is 1.73. The SMILES string of the molecule is O=C(c1ccoc1)N1CCN(CC2(O)CCCCC2)CC1. The molecule has 0 aromatic carbocycles. The molecule has 0 radical (unpaired) electrons. The van der Waals surface area contributed by atoms with Gasteiger partial charge in [0.15, 0.2) is 0 Å². The second-order valence-corrected chi connectivity index (χ2v) is 6.37. The van der Waals surface area contributed by atoms with Crippen LogP contribution >= 0.6 is 0 Å². The minimum atomic E-state index is -0.505. The molecule has 1 saturated carbocycles. The average Bonchev–Trinajstić information content (AvgIpc) is 3.02. The second-order valence-electron chi connectivity index (χ2n) is 6.37. The Labute approximate surface area is 125 Å². The van der Waals surface area contributed by atoms with E-state index in [0.717, 1.165) is 58.4 Å². The molecule has 1 aromatic rings. The first-order chi connectivity index (χ1) is 10.2. The zero-order valence-electron chi connectivity index (χ0n) is 12.5. The van der Waals surface area contributed by atoms with Crippen LogP contribution in [0.4, 0.5) is 0 Å². The van der Waals surface area contributed by atoms with E-state index in [1.165, 1.54) is 18.9 Å². The third-order valence-electron chi connectivity index (χ3n) is 4.73. The van der Waals surface area contributed by atoms with Gasteiger partial charge in [-0.05, 0) is 18.9 Å². The van der Waals surface area contributed by atoms with Crippen LogP contribution in [0.5, 0.6) is 0 Å². The summed E-state index contributed by atoms with van der Waals surface area (Å²) in [5, 5.41) is 10.6. The number of carbonyl (C=O) groups excluding carboxylic acids is 1. The number of piperazine rings is 1. The van der Waals surface area contributed by atoms with Crippen LogP contribution in [0.3, 0.4) is 0 Å². The van der Waals surface area contributed by atoms with Crippen molar-refractivity contribution in [3.63, 3.8) is 0 Å². The number of furan rings is 1. The molecule has 116 valence electrons. The first-order valence-electron chi connectivity index (χ1n) is 7.93. The normalized spacial score (nSPS) is 23.2. The second kappa shape index (κ2) is 6.20. The van der Waals surface area contributed by atoms with Crippen molar-refractivity contribution in [1.82, 2.24) is 9.80 Å². The highest BCUT2D eigenvalue weighted by Crippen LogP contribution is 2.29. The number of amides is 1. The minimum absolute atomic E-state index is 0.0415. The van der Waals surface area contributed by atoms with E-state index < -0.39 is 5.60 Å². The molecule has 2 fully saturated rings. The molecule has 3 rings (SSSR count). The van der Waals surface area contributed by atoms with Crippen LogP contribution in [0.1, 0.15) is 42.5 Å². The van der Waals surface area contributed by atoms with Crippen molar-refractivity contribution in [2.75, 3.05) is 32.7 Å². The minimum Gasteiger partial charge on any atom is -0.472 e. The molecule has 1 aliphatic carbocycles. The van der Waals surface area contributed by atoms with Crippen molar-refractivity contribution in [3.05, 3.63) is 24.2 Å². The third-order valence-corrected chi connectivity index (χ3v) is 4.73. The maximum absolute atomic E-state index is 12.2. The number of nitrogens with zero attached hydrogens (tertiary/aromatic N) is 2. The lowest BCUT2D eigenvalue weighted by Crippen LogP contribution is -2.53. The largest absolute Gasteiger partial charge is 0.472 e. The maximum Gasteiger partial charge on any atom is 0.257 e. The van der Waals surface area contributed by atoms with Crippen molar-refractivity contribution in [1.29, 1.82) is 0 Å². The lowest BCUT2D eigenvalue weighted by molar-refractivity contribution is -0.0339. The molecule has 5 heteroatoms. The van der Waals surface area contributed by atoms with Gasteiger partial charge in [0.1, 0.15) is 6.26 Å². The fourth-order valence-electron chi connectivity index (χ4n) is 3.46. The molecular weight excluding hydrogens is 268 g/mol. The van der Waals surface area contributed by atoms with E-state index in [2.05, 4.69) is 4.90 Å². The van der Waals surface area contributed by atoms with Gasteiger partial charge in [-0.25, -0.2) is 0 Å². The van der Waals surface area contributed by atoms with Gasteiger partial charge < -0.3 is 14.4 Å². The zero-order chi connectivity index (χ0) is 14.7. The van der Waals surface area contributed by atoms with E-state index in [9.17, 15) is 9.90 Å². The van der Waals surface area contributed by atoms with Crippen molar-refractivity contribution in [2.45, 2.75) is 37.7 Å². The van der Waals surface area contributed by atoms with Gasteiger partial charge in [0.25, 0.3) is 5.91 Å². The Morgan fingerprint density at radius 2 is 1.90 bits per heavy atom. The van der Waals surface area contributed by atoms with Gasteiger partial charge in [-0.3, -0.25) is 9.69 Å². The molecule has 2 heterocycles. The molecule has 1 aromatic heterocycles. The smallest absolute Gasteiger partial charge is 0.257 e. The Morgan fingerprint density at radius 1 is 1.19 bits per heavy atom. The van der Waals surface area contributed by atoms with E-state index in [0.29, 0.717) is 5.56 Å². The van der Waals surface area contributed by atoms with Crippen molar-refractivity contribution in [3.8, 4) is 0 Å². The van der Waals surface area contributed by atoms with Gasteiger partial charge >= 0.3 is 0 Å². The molecule has 2 aliphatic rings. The topological polar surface area (TPSA) is 56.9 Å². The van der Waals surface area contributed by atoms with Gasteiger partial charge in [0.05, 0.1) is 17.4 Å². The number of hydrogen-bond acceptors (Lipinski definition) is 4. The van der Waals surface area contributed by atoms with Crippen molar-refractivity contribution < 1.29 is 14.3 Å². The van der Waals surface area contributed by atoms with E-state index >= 15 is 0 Å². The molecule has 0 spiro atoms. The maximum atomic E-state index is 12.2. The van der Waals surface area contributed by atoms with Crippen molar-refractivity contribution >= 4 is 5.91 Å². The van der Waals surface area contributed by atoms with E-state index in [1.807, 2.05) is 4.90 Å². The van der Waals surface area contributed by atoms with Crippen LogP contribution < -0.4 is 0 Å². The van der Waals surface area contributed by atoms with Crippen LogP contribution in [0.25, 0.3) is 0 Å². The van der Waals surface area contributed by atoms with E-state index in [1.54, 1.807) is 6.07 Å². The summed E-state index contributed by atoms with van der Waals surface area (Å²) in [7, 11) is 0. The van der Waals surface area contributed by atoms with Crippen LogP contribution in [-0.4, -0.2) is 59.1 Å². The quantitative estimate of drug-likeness (QED) is 0.922. The Kier molecular flexibility index (Phi) is 4.31. The summed E-state index contributed by atoms with van der Waals surface area (Å²) in [6.07, 6.45) is 8.38. The van der Waals surface area contributed by atoms with E-state index in [-0.39, 0.29) is 5.91 Å². The monoisotopic (exact) mass is 292 g/mol. The van der Waals surface area contributed by atoms with Crippen LogP contribution in [0.2, 0.25) is 0 Å². The highest BCUT2D eigenvalue weighted by Gasteiger charge is 2.33. The highest BCUT2D eigenvalue weighted by molar-refractivity contribution is 5.93. The predicted molar refractivity (Wildman–Crippen MR) is 79.1 cm³/mol. The number of rotatable bonds is 3. The Hall–Kier alpha value is -1.33. The van der Waals surface area contributed by atoms with Crippen molar-refractivity contribution in [2.24, 2.45) is 0 Å². The third kappa shape index (κ3) is 3.47. The molecule has 1 N–H and O–H groups in total. The van der Waals surface area contributed by atoms with Crippen LogP contribution in [-0.2, 0) is 0 Å². The average molecular weight is 292 g/mol. The summed E-state index contributed by atoms with van der Waals surface area (Å²) < 4.78 is 4.97. The summed E-state index contributed by atoms with van der Waals surface area (Å²) in [6.45, 7) is 3.87. The molecule has 1 aliphatic heterocycles. The molecule has 0 atom stereocenters. The Balaban J connectivity index is 1.50. The van der Waals surface area contributed by atoms with Gasteiger partial charge in [-0.15, -0.1) is 0 Å². The molecule has 0 bridgehead atoms. The van der Waals surface area contributed by atoms with Gasteiger partial charge in [-0.1, -0.05) is 19.3 Å². The first-order valence-corrected chi connectivity index (χ1v) is 7.93. The summed E-state index contributed by atoms with van der Waals surface area (Å²) in [4.78, 5) is 16.4. The van der Waals surface area contributed by atoms with Gasteiger partial charge in [0, 0.05) is 32.7 Å².